The van der Waals surface area contributed by atoms with E-state index in [0.717, 1.165) is 0 Å². The molecular weight excluding hydrogens is 240 g/mol. The molecule has 0 radical (unpaired) electrons. The van der Waals surface area contributed by atoms with Crippen LogP contribution in [0, 0.1) is 0 Å². The molecule has 0 saturated heterocycles. The third-order valence-corrected chi connectivity index (χ3v) is 3.78. The predicted molar refractivity (Wildman–Crippen MR) is 65.8 cm³/mol. The molecule has 0 fully saturated rings. The molecule has 0 spiro atoms. The van der Waals surface area contributed by atoms with Crippen LogP contribution in [0.5, 0.6) is 5.75 Å². The largest absolute Gasteiger partial charge is 0.490 e. The molecule has 2 N–H and O–H groups in total. The van der Waals surface area contributed by atoms with E-state index in [-0.39, 0.29) is 11.4 Å². The molecule has 1 heterocycles. The van der Waals surface area contributed by atoms with Crippen LogP contribution in [0.4, 0.5) is 5.69 Å². The van der Waals surface area contributed by atoms with Gasteiger partial charge in [0.25, 0.3) is 0 Å². The number of hydrogen-bond acceptors (Lipinski definition) is 4. The summed E-state index contributed by atoms with van der Waals surface area (Å²) in [6.07, 6.45) is 1.50. The van der Waals surface area contributed by atoms with Gasteiger partial charge in [0.15, 0.2) is 0 Å². The summed E-state index contributed by atoms with van der Waals surface area (Å²) in [5.74, 6) is 0.680. The fourth-order valence-corrected chi connectivity index (χ4v) is 2.56. The second-order valence-corrected chi connectivity index (χ2v) is 5.34. The van der Waals surface area contributed by atoms with Gasteiger partial charge in [-0.1, -0.05) is 6.08 Å². The van der Waals surface area contributed by atoms with E-state index in [9.17, 15) is 8.42 Å². The lowest BCUT2D eigenvalue weighted by Gasteiger charge is -2.19. The zero-order valence-electron chi connectivity index (χ0n) is 9.27. The van der Waals surface area contributed by atoms with E-state index in [2.05, 4.69) is 16.6 Å². The highest BCUT2D eigenvalue weighted by Crippen LogP contribution is 2.29. The van der Waals surface area contributed by atoms with Crippen molar-refractivity contribution >= 4 is 15.7 Å². The molecule has 0 aromatic heterocycles. The SMILES string of the molecule is C=CCNS(=O)(=O)c1ccc2c(c1)NCCO2. The molecular formula is C11H14N2O3S. The van der Waals surface area contributed by atoms with Crippen LogP contribution in [-0.4, -0.2) is 28.1 Å². The molecule has 17 heavy (non-hydrogen) atoms. The number of fused-ring (bicyclic) bond motifs is 1. The van der Waals surface area contributed by atoms with E-state index in [0.29, 0.717) is 24.6 Å². The van der Waals surface area contributed by atoms with Gasteiger partial charge in [0.05, 0.1) is 10.6 Å². The Morgan fingerprint density at radius 3 is 3.12 bits per heavy atom. The van der Waals surface area contributed by atoms with Crippen molar-refractivity contribution < 1.29 is 13.2 Å². The van der Waals surface area contributed by atoms with Crippen LogP contribution >= 0.6 is 0 Å². The molecule has 0 unspecified atom stereocenters. The molecule has 0 amide bonds. The molecule has 6 heteroatoms. The normalized spacial score (nSPS) is 14.4. The highest BCUT2D eigenvalue weighted by molar-refractivity contribution is 7.89. The van der Waals surface area contributed by atoms with Crippen molar-refractivity contribution in [2.24, 2.45) is 0 Å². The van der Waals surface area contributed by atoms with Gasteiger partial charge in [-0.2, -0.15) is 0 Å². The lowest BCUT2D eigenvalue weighted by Crippen LogP contribution is -2.24. The van der Waals surface area contributed by atoms with Crippen LogP contribution in [-0.2, 0) is 10.0 Å². The predicted octanol–water partition coefficient (Wildman–Crippen LogP) is 0.955. The van der Waals surface area contributed by atoms with Gasteiger partial charge in [-0.3, -0.25) is 0 Å². The quantitative estimate of drug-likeness (QED) is 0.785. The van der Waals surface area contributed by atoms with Gasteiger partial charge in [0, 0.05) is 13.1 Å². The maximum Gasteiger partial charge on any atom is 0.240 e. The Kier molecular flexibility index (Phi) is 3.35. The topological polar surface area (TPSA) is 67.4 Å². The standard InChI is InChI=1S/C11H14N2O3S/c1-2-5-13-17(14,15)9-3-4-11-10(8-9)12-6-7-16-11/h2-4,8,12-13H,1,5-7H2. The van der Waals surface area contributed by atoms with E-state index in [1.807, 2.05) is 0 Å². The van der Waals surface area contributed by atoms with Crippen molar-refractivity contribution in [2.75, 3.05) is 25.0 Å². The summed E-state index contributed by atoms with van der Waals surface area (Å²) in [7, 11) is -3.47. The van der Waals surface area contributed by atoms with Gasteiger partial charge in [0.1, 0.15) is 12.4 Å². The zero-order valence-corrected chi connectivity index (χ0v) is 10.1. The van der Waals surface area contributed by atoms with Crippen LogP contribution < -0.4 is 14.8 Å². The Labute approximate surface area is 101 Å². The summed E-state index contributed by atoms with van der Waals surface area (Å²) in [5.41, 5.74) is 0.706. The summed E-state index contributed by atoms with van der Waals surface area (Å²) in [6.45, 7) is 4.95. The van der Waals surface area contributed by atoms with Crippen LogP contribution in [0.15, 0.2) is 35.7 Å². The molecule has 1 aromatic rings. The third-order valence-electron chi connectivity index (χ3n) is 2.35. The van der Waals surface area contributed by atoms with Crippen molar-refractivity contribution in [2.45, 2.75) is 4.90 Å². The Hall–Kier alpha value is -1.53. The average Bonchev–Trinajstić information content (AvgIpc) is 2.36. The Balaban J connectivity index is 2.30. The van der Waals surface area contributed by atoms with Gasteiger partial charge in [-0.25, -0.2) is 13.1 Å². The number of benzene rings is 1. The number of nitrogens with one attached hydrogen (secondary N) is 2. The lowest BCUT2D eigenvalue weighted by molar-refractivity contribution is 0.323. The summed E-state index contributed by atoms with van der Waals surface area (Å²) in [4.78, 5) is 0.219. The molecule has 1 aliphatic rings. The minimum absolute atomic E-state index is 0.212. The van der Waals surface area contributed by atoms with Crippen molar-refractivity contribution in [3.8, 4) is 5.75 Å². The van der Waals surface area contributed by atoms with E-state index in [1.54, 1.807) is 12.1 Å². The number of rotatable bonds is 4. The van der Waals surface area contributed by atoms with E-state index in [4.69, 9.17) is 4.74 Å². The van der Waals surface area contributed by atoms with Gasteiger partial charge in [-0.05, 0) is 18.2 Å². The molecule has 0 aliphatic carbocycles. The number of sulfonamides is 1. The second kappa shape index (κ2) is 4.77. The smallest absolute Gasteiger partial charge is 0.240 e. The van der Waals surface area contributed by atoms with Crippen LogP contribution in [0.25, 0.3) is 0 Å². The first kappa shape index (κ1) is 11.9. The first-order valence-corrected chi connectivity index (χ1v) is 6.73. The fourth-order valence-electron chi connectivity index (χ4n) is 1.54. The first-order chi connectivity index (χ1) is 8.13. The first-order valence-electron chi connectivity index (χ1n) is 5.25. The Morgan fingerprint density at radius 2 is 2.35 bits per heavy atom. The fraction of sp³-hybridized carbons (Fsp3) is 0.273. The molecule has 92 valence electrons. The van der Waals surface area contributed by atoms with Gasteiger partial charge < -0.3 is 10.1 Å². The molecule has 1 aromatic carbocycles. The van der Waals surface area contributed by atoms with Crippen LogP contribution in [0.1, 0.15) is 0 Å². The van der Waals surface area contributed by atoms with Gasteiger partial charge in [-0.15, -0.1) is 6.58 Å². The average molecular weight is 254 g/mol. The number of hydrogen-bond donors (Lipinski definition) is 2. The zero-order chi connectivity index (χ0) is 12.3. The van der Waals surface area contributed by atoms with E-state index >= 15 is 0 Å². The van der Waals surface area contributed by atoms with Crippen molar-refractivity contribution in [3.05, 3.63) is 30.9 Å². The Morgan fingerprint density at radius 1 is 1.53 bits per heavy atom. The highest BCUT2D eigenvalue weighted by Gasteiger charge is 2.17. The van der Waals surface area contributed by atoms with Crippen molar-refractivity contribution in [1.29, 1.82) is 0 Å². The molecule has 0 saturated carbocycles. The molecule has 0 atom stereocenters. The summed E-state index contributed by atoms with van der Waals surface area (Å²) >= 11 is 0. The molecule has 1 aliphatic heterocycles. The van der Waals surface area contributed by atoms with Crippen LogP contribution in [0.3, 0.4) is 0 Å². The molecule has 2 rings (SSSR count). The number of anilines is 1. The summed E-state index contributed by atoms with van der Waals surface area (Å²) in [6, 6.07) is 4.75. The molecule has 0 bridgehead atoms. The molecule has 5 nitrogen and oxygen atoms in total. The number of ether oxygens (including phenoxy) is 1. The maximum atomic E-state index is 11.8. The maximum absolute atomic E-state index is 11.8. The van der Waals surface area contributed by atoms with Gasteiger partial charge >= 0.3 is 0 Å². The third kappa shape index (κ3) is 2.59. The van der Waals surface area contributed by atoms with Crippen molar-refractivity contribution in [1.82, 2.24) is 4.72 Å². The van der Waals surface area contributed by atoms with Gasteiger partial charge in [0.2, 0.25) is 10.0 Å². The Bertz CT molecular complexity index is 526. The monoisotopic (exact) mass is 254 g/mol. The summed E-state index contributed by atoms with van der Waals surface area (Å²) < 4.78 is 31.5. The van der Waals surface area contributed by atoms with E-state index < -0.39 is 10.0 Å². The lowest BCUT2D eigenvalue weighted by atomic mass is 10.2. The highest BCUT2D eigenvalue weighted by atomic mass is 32.2. The van der Waals surface area contributed by atoms with Crippen LogP contribution in [0.2, 0.25) is 0 Å². The summed E-state index contributed by atoms with van der Waals surface area (Å²) in [5, 5.41) is 3.09. The minimum Gasteiger partial charge on any atom is -0.490 e. The second-order valence-electron chi connectivity index (χ2n) is 3.57. The minimum atomic E-state index is -3.47. The van der Waals surface area contributed by atoms with E-state index in [1.165, 1.54) is 12.1 Å². The van der Waals surface area contributed by atoms with Crippen molar-refractivity contribution in [3.63, 3.8) is 0 Å².